The van der Waals surface area contributed by atoms with E-state index in [0.29, 0.717) is 16.5 Å². The number of pyridine rings is 1. The highest BCUT2D eigenvalue weighted by atomic mass is 35.5. The Morgan fingerprint density at radius 2 is 1.88 bits per heavy atom. The monoisotopic (exact) mass is 353 g/mol. The summed E-state index contributed by atoms with van der Waals surface area (Å²) in [5.41, 5.74) is 2.80. The first-order valence-electron chi connectivity index (χ1n) is 7.30. The molecule has 0 spiro atoms. The van der Waals surface area contributed by atoms with Crippen LogP contribution in [0.1, 0.15) is 5.56 Å². The lowest BCUT2D eigenvalue weighted by Crippen LogP contribution is -1.96. The van der Waals surface area contributed by atoms with Crippen molar-refractivity contribution in [2.75, 3.05) is 0 Å². The number of nitrogens with zero attached hydrogens (tertiary/aromatic N) is 5. The largest absolute Gasteiger partial charge is 0.264 e. The molecule has 0 aliphatic rings. The molecule has 24 heavy (non-hydrogen) atoms. The van der Waals surface area contributed by atoms with E-state index in [1.54, 1.807) is 22.5 Å². The molecule has 0 fully saturated rings. The summed E-state index contributed by atoms with van der Waals surface area (Å²) >= 11 is 7.60. The normalized spacial score (nSPS) is 11.0. The number of rotatable bonds is 4. The molecule has 0 bridgehead atoms. The minimum absolute atomic E-state index is 0.688. The first-order valence-corrected chi connectivity index (χ1v) is 8.66. The number of hydrogen-bond donors (Lipinski definition) is 0. The molecule has 0 N–H and O–H groups in total. The summed E-state index contributed by atoms with van der Waals surface area (Å²) in [5.74, 6) is 1.51. The van der Waals surface area contributed by atoms with Gasteiger partial charge in [0.1, 0.15) is 5.03 Å². The molecule has 0 unspecified atom stereocenters. The van der Waals surface area contributed by atoms with Gasteiger partial charge in [0, 0.05) is 28.7 Å². The Morgan fingerprint density at radius 1 is 1.00 bits per heavy atom. The molecule has 7 heteroatoms. The molecule has 0 radical (unpaired) electrons. The van der Waals surface area contributed by atoms with Gasteiger partial charge in [-0.15, -0.1) is 10.2 Å². The predicted molar refractivity (Wildman–Crippen MR) is 95.0 cm³/mol. The molecule has 4 rings (SSSR count). The summed E-state index contributed by atoms with van der Waals surface area (Å²) in [7, 11) is 0. The van der Waals surface area contributed by atoms with Crippen LogP contribution < -0.4 is 0 Å². The van der Waals surface area contributed by atoms with E-state index in [1.165, 1.54) is 0 Å². The zero-order valence-corrected chi connectivity index (χ0v) is 14.1. The Morgan fingerprint density at radius 3 is 2.67 bits per heavy atom. The number of benzene rings is 1. The van der Waals surface area contributed by atoms with Crippen LogP contribution in [-0.2, 0) is 5.75 Å². The maximum Gasteiger partial charge on any atom is 0.185 e. The Labute approximate surface area is 147 Å². The van der Waals surface area contributed by atoms with E-state index in [0.717, 1.165) is 21.9 Å². The fourth-order valence-corrected chi connectivity index (χ4v) is 3.18. The summed E-state index contributed by atoms with van der Waals surface area (Å²) < 4.78 is 1.76. The van der Waals surface area contributed by atoms with Gasteiger partial charge in [-0.3, -0.25) is 4.98 Å². The van der Waals surface area contributed by atoms with Gasteiger partial charge in [0.15, 0.2) is 11.5 Å². The molecule has 0 aliphatic heterocycles. The molecule has 0 saturated heterocycles. The quantitative estimate of drug-likeness (QED) is 0.516. The van der Waals surface area contributed by atoms with Gasteiger partial charge in [0.05, 0.1) is 0 Å². The van der Waals surface area contributed by atoms with Crippen LogP contribution in [-0.4, -0.2) is 24.8 Å². The number of aromatic nitrogens is 5. The van der Waals surface area contributed by atoms with Crippen LogP contribution >= 0.6 is 23.4 Å². The Hall–Kier alpha value is -2.44. The van der Waals surface area contributed by atoms with E-state index in [9.17, 15) is 0 Å². The SMILES string of the molecule is Clc1ccc(-c2nnc3ccc(SCc4cccnc4)nn23)cc1. The van der Waals surface area contributed by atoms with Crippen molar-refractivity contribution in [2.24, 2.45) is 0 Å². The second-order valence-electron chi connectivity index (χ2n) is 5.12. The summed E-state index contributed by atoms with van der Waals surface area (Å²) in [5, 5.41) is 14.7. The van der Waals surface area contributed by atoms with E-state index >= 15 is 0 Å². The summed E-state index contributed by atoms with van der Waals surface area (Å²) in [6.45, 7) is 0. The topological polar surface area (TPSA) is 56.0 Å². The first kappa shape index (κ1) is 15.1. The van der Waals surface area contributed by atoms with Crippen molar-refractivity contribution >= 4 is 29.0 Å². The summed E-state index contributed by atoms with van der Waals surface area (Å²) in [6.07, 6.45) is 3.64. The van der Waals surface area contributed by atoms with Crippen molar-refractivity contribution in [1.82, 2.24) is 24.8 Å². The maximum absolute atomic E-state index is 5.95. The minimum atomic E-state index is 0.688. The molecule has 3 heterocycles. The van der Waals surface area contributed by atoms with E-state index < -0.39 is 0 Å². The third kappa shape index (κ3) is 3.11. The molecule has 118 valence electrons. The van der Waals surface area contributed by atoms with Crippen LogP contribution in [0.3, 0.4) is 0 Å². The Kier molecular flexibility index (Phi) is 4.15. The van der Waals surface area contributed by atoms with Crippen molar-refractivity contribution in [3.8, 4) is 11.4 Å². The minimum Gasteiger partial charge on any atom is -0.264 e. The van der Waals surface area contributed by atoms with Crippen LogP contribution in [0.2, 0.25) is 5.02 Å². The van der Waals surface area contributed by atoms with Crippen molar-refractivity contribution < 1.29 is 0 Å². The van der Waals surface area contributed by atoms with Gasteiger partial charge in [-0.2, -0.15) is 9.61 Å². The molecular formula is C17H12ClN5S. The first-order chi connectivity index (χ1) is 11.8. The molecule has 0 saturated carbocycles. The second-order valence-corrected chi connectivity index (χ2v) is 6.55. The van der Waals surface area contributed by atoms with Gasteiger partial charge < -0.3 is 0 Å². The van der Waals surface area contributed by atoms with Crippen molar-refractivity contribution in [1.29, 1.82) is 0 Å². The number of thioether (sulfide) groups is 1. The van der Waals surface area contributed by atoms with Gasteiger partial charge in [-0.1, -0.05) is 29.4 Å². The molecule has 0 atom stereocenters. The van der Waals surface area contributed by atoms with E-state index in [2.05, 4.69) is 26.3 Å². The molecular weight excluding hydrogens is 342 g/mol. The fourth-order valence-electron chi connectivity index (χ4n) is 2.27. The third-order valence-corrected chi connectivity index (χ3v) is 4.69. The summed E-state index contributed by atoms with van der Waals surface area (Å²) in [4.78, 5) is 4.13. The van der Waals surface area contributed by atoms with Crippen LogP contribution in [0.15, 0.2) is 66.0 Å². The summed E-state index contributed by atoms with van der Waals surface area (Å²) in [6, 6.07) is 15.4. The molecule has 5 nitrogen and oxygen atoms in total. The molecule has 0 aliphatic carbocycles. The number of fused-ring (bicyclic) bond motifs is 1. The van der Waals surface area contributed by atoms with Crippen molar-refractivity contribution in [3.05, 3.63) is 71.5 Å². The molecule has 1 aromatic carbocycles. The second kappa shape index (κ2) is 6.59. The highest BCUT2D eigenvalue weighted by molar-refractivity contribution is 7.98. The third-order valence-electron chi connectivity index (χ3n) is 3.45. The molecule has 4 aromatic rings. The Bertz CT molecular complexity index is 969. The highest BCUT2D eigenvalue weighted by Crippen LogP contribution is 2.23. The smallest absolute Gasteiger partial charge is 0.185 e. The lowest BCUT2D eigenvalue weighted by Gasteiger charge is -2.03. The fraction of sp³-hybridized carbons (Fsp3) is 0.0588. The van der Waals surface area contributed by atoms with E-state index in [4.69, 9.17) is 11.6 Å². The average Bonchev–Trinajstić information content (AvgIpc) is 3.05. The lowest BCUT2D eigenvalue weighted by atomic mass is 10.2. The zero-order chi connectivity index (χ0) is 16.4. The van der Waals surface area contributed by atoms with Gasteiger partial charge in [-0.25, -0.2) is 0 Å². The number of halogens is 1. The standard InChI is InChI=1S/C17H12ClN5S/c18-14-5-3-13(4-6-14)17-21-20-15-7-8-16(22-23(15)17)24-11-12-2-1-9-19-10-12/h1-10H,11H2. The predicted octanol–water partition coefficient (Wildman–Crippen LogP) is 4.13. The van der Waals surface area contributed by atoms with Crippen LogP contribution in [0, 0.1) is 0 Å². The molecule has 0 amide bonds. The van der Waals surface area contributed by atoms with Crippen LogP contribution in [0.5, 0.6) is 0 Å². The van der Waals surface area contributed by atoms with Crippen molar-refractivity contribution in [3.63, 3.8) is 0 Å². The van der Waals surface area contributed by atoms with E-state index in [-0.39, 0.29) is 0 Å². The molecule has 3 aromatic heterocycles. The number of hydrogen-bond acceptors (Lipinski definition) is 5. The average molecular weight is 354 g/mol. The van der Waals surface area contributed by atoms with Gasteiger partial charge in [0.2, 0.25) is 0 Å². The maximum atomic E-state index is 5.95. The zero-order valence-electron chi connectivity index (χ0n) is 12.5. The van der Waals surface area contributed by atoms with E-state index in [1.807, 2.05) is 48.7 Å². The Balaban J connectivity index is 1.64. The van der Waals surface area contributed by atoms with Crippen LogP contribution in [0.25, 0.3) is 17.0 Å². The highest BCUT2D eigenvalue weighted by Gasteiger charge is 2.10. The van der Waals surface area contributed by atoms with Gasteiger partial charge in [-0.05, 0) is 48.0 Å². The lowest BCUT2D eigenvalue weighted by molar-refractivity contribution is 0.860. The van der Waals surface area contributed by atoms with Crippen molar-refractivity contribution in [2.45, 2.75) is 10.8 Å². The van der Waals surface area contributed by atoms with Gasteiger partial charge in [0.25, 0.3) is 0 Å². The van der Waals surface area contributed by atoms with Gasteiger partial charge >= 0.3 is 0 Å². The van der Waals surface area contributed by atoms with Crippen LogP contribution in [0.4, 0.5) is 0 Å².